The molecule has 1 unspecified atom stereocenters. The van der Waals surface area contributed by atoms with Crippen LogP contribution in [0.1, 0.15) is 11.5 Å². The third-order valence-corrected chi connectivity index (χ3v) is 3.84. The van der Waals surface area contributed by atoms with E-state index in [1.807, 2.05) is 0 Å². The van der Waals surface area contributed by atoms with Gasteiger partial charge in [0.05, 0.1) is 11.9 Å². The molecule has 0 aliphatic heterocycles. The van der Waals surface area contributed by atoms with Gasteiger partial charge in [0.2, 0.25) is 11.8 Å². The minimum absolute atomic E-state index is 0.0685. The number of nitrogens with zero attached hydrogens (tertiary/aromatic N) is 1. The number of ether oxygens (including phenoxy) is 1. The van der Waals surface area contributed by atoms with Crippen LogP contribution in [0.2, 0.25) is 0 Å². The normalized spacial score (nSPS) is 11.6. The molecule has 1 aromatic carbocycles. The van der Waals surface area contributed by atoms with E-state index >= 15 is 0 Å². The van der Waals surface area contributed by atoms with E-state index in [1.165, 1.54) is 18.3 Å². The summed E-state index contributed by atoms with van der Waals surface area (Å²) < 4.78 is 20.2. The van der Waals surface area contributed by atoms with Crippen LogP contribution in [0.5, 0.6) is 11.5 Å². The topological polar surface area (TPSA) is 110 Å². The van der Waals surface area contributed by atoms with Crippen LogP contribution in [0.4, 0.5) is 4.39 Å². The number of terminal acetylenes is 1. The smallest absolute Gasteiger partial charge is 0.237 e. The summed E-state index contributed by atoms with van der Waals surface area (Å²) in [4.78, 5) is 30.8. The van der Waals surface area contributed by atoms with Crippen LogP contribution >= 0.6 is 0 Å². The number of benzene rings is 1. The van der Waals surface area contributed by atoms with Crippen molar-refractivity contribution in [2.24, 2.45) is 5.73 Å². The van der Waals surface area contributed by atoms with Gasteiger partial charge in [-0.3, -0.25) is 9.59 Å². The second-order valence-corrected chi connectivity index (χ2v) is 5.60. The Kier molecular flexibility index (Phi) is 5.04. The Morgan fingerprint density at radius 2 is 2.15 bits per heavy atom. The molecule has 3 aromatic rings. The molecule has 0 aliphatic carbocycles. The van der Waals surface area contributed by atoms with Gasteiger partial charge < -0.3 is 20.8 Å². The predicted octanol–water partition coefficient (Wildman–Crippen LogP) is 1.81. The average Bonchev–Trinajstić information content (AvgIpc) is 3.11. The minimum atomic E-state index is -1.36. The number of hydrogen-bond donors (Lipinski definition) is 3. The monoisotopic (exact) mass is 366 g/mol. The largest absolute Gasteiger partial charge is 0.453 e. The second kappa shape index (κ2) is 7.58. The maximum Gasteiger partial charge on any atom is 0.237 e. The molecule has 0 saturated carbocycles. The van der Waals surface area contributed by atoms with Crippen molar-refractivity contribution in [1.29, 1.82) is 0 Å². The van der Waals surface area contributed by atoms with Gasteiger partial charge in [-0.2, -0.15) is 0 Å². The third kappa shape index (κ3) is 3.72. The van der Waals surface area contributed by atoms with Crippen LogP contribution in [-0.4, -0.2) is 28.3 Å². The number of nitrogens with two attached hydrogens (primary N) is 1. The molecule has 0 radical (unpaired) electrons. The van der Waals surface area contributed by atoms with Crippen molar-refractivity contribution in [2.75, 3.05) is 6.54 Å². The standard InChI is InChI=1S/C19H15FN4O3/c1-2-7-24-19(26)16(17(21)25)11-3-4-15(13(20)10-11)27-14-6-9-23-18-12(14)5-8-22-18/h1,3-6,8-10,16H,7H2,(H2,21,25)(H,22,23)(H,24,26). The number of aromatic nitrogens is 2. The number of amides is 2. The first-order chi connectivity index (χ1) is 13.0. The van der Waals surface area contributed by atoms with Gasteiger partial charge in [-0.1, -0.05) is 12.0 Å². The van der Waals surface area contributed by atoms with Gasteiger partial charge in [0, 0.05) is 12.4 Å². The Morgan fingerprint density at radius 1 is 1.33 bits per heavy atom. The van der Waals surface area contributed by atoms with Gasteiger partial charge in [-0.25, -0.2) is 9.37 Å². The van der Waals surface area contributed by atoms with Crippen LogP contribution in [0.15, 0.2) is 42.7 Å². The second-order valence-electron chi connectivity index (χ2n) is 5.60. The Morgan fingerprint density at radius 3 is 2.85 bits per heavy atom. The molecule has 4 N–H and O–H groups in total. The van der Waals surface area contributed by atoms with Crippen molar-refractivity contribution >= 4 is 22.8 Å². The number of pyridine rings is 1. The molecule has 8 heteroatoms. The predicted molar refractivity (Wildman–Crippen MR) is 96.3 cm³/mol. The summed E-state index contributed by atoms with van der Waals surface area (Å²) in [5.41, 5.74) is 5.99. The molecule has 0 bridgehead atoms. The number of fused-ring (bicyclic) bond motifs is 1. The molecule has 0 fully saturated rings. The average molecular weight is 366 g/mol. The lowest BCUT2D eigenvalue weighted by atomic mass is 9.97. The van der Waals surface area contributed by atoms with Crippen LogP contribution in [0, 0.1) is 18.2 Å². The molecule has 2 aromatic heterocycles. The SMILES string of the molecule is C#CCNC(=O)C(C(N)=O)c1ccc(Oc2ccnc3[nH]ccc23)c(F)c1. The molecule has 0 saturated heterocycles. The highest BCUT2D eigenvalue weighted by Gasteiger charge is 2.27. The molecule has 3 rings (SSSR count). The lowest BCUT2D eigenvalue weighted by molar-refractivity contribution is -0.129. The molecular weight excluding hydrogens is 351 g/mol. The summed E-state index contributed by atoms with van der Waals surface area (Å²) in [5.74, 6) is -1.16. The first-order valence-corrected chi connectivity index (χ1v) is 7.91. The van der Waals surface area contributed by atoms with E-state index in [2.05, 4.69) is 21.2 Å². The first-order valence-electron chi connectivity index (χ1n) is 7.91. The Balaban J connectivity index is 1.88. The zero-order valence-corrected chi connectivity index (χ0v) is 14.0. The summed E-state index contributed by atoms with van der Waals surface area (Å²) in [6, 6.07) is 7.12. The van der Waals surface area contributed by atoms with E-state index in [0.29, 0.717) is 16.8 Å². The molecule has 27 heavy (non-hydrogen) atoms. The van der Waals surface area contributed by atoms with Crippen molar-refractivity contribution in [3.8, 4) is 23.8 Å². The number of aromatic amines is 1. The maximum absolute atomic E-state index is 14.5. The fourth-order valence-electron chi connectivity index (χ4n) is 2.61. The van der Waals surface area contributed by atoms with Gasteiger partial charge in [0.15, 0.2) is 11.6 Å². The highest BCUT2D eigenvalue weighted by Crippen LogP contribution is 2.31. The lowest BCUT2D eigenvalue weighted by Crippen LogP contribution is -2.37. The van der Waals surface area contributed by atoms with Crippen molar-refractivity contribution in [3.63, 3.8) is 0 Å². The zero-order valence-electron chi connectivity index (χ0n) is 14.0. The van der Waals surface area contributed by atoms with Gasteiger partial charge in [0.1, 0.15) is 17.3 Å². The van der Waals surface area contributed by atoms with E-state index in [9.17, 15) is 14.0 Å². The number of hydrogen-bond acceptors (Lipinski definition) is 4. The molecule has 0 spiro atoms. The van der Waals surface area contributed by atoms with E-state index < -0.39 is 23.5 Å². The summed E-state index contributed by atoms with van der Waals surface area (Å²) in [6.45, 7) is -0.0685. The summed E-state index contributed by atoms with van der Waals surface area (Å²) >= 11 is 0. The Labute approximate surface area is 153 Å². The molecule has 2 heterocycles. The maximum atomic E-state index is 14.5. The Hall–Kier alpha value is -3.86. The lowest BCUT2D eigenvalue weighted by Gasteiger charge is -2.14. The Bertz CT molecular complexity index is 1050. The quantitative estimate of drug-likeness (QED) is 0.456. The first kappa shape index (κ1) is 17.9. The van der Waals surface area contributed by atoms with E-state index in [4.69, 9.17) is 16.9 Å². The number of carbonyl (C=O) groups is 2. The number of halogens is 1. The highest BCUT2D eigenvalue weighted by molar-refractivity contribution is 6.05. The fraction of sp³-hybridized carbons (Fsp3) is 0.105. The van der Waals surface area contributed by atoms with E-state index in [1.54, 1.807) is 18.3 Å². The van der Waals surface area contributed by atoms with Crippen LogP contribution in [-0.2, 0) is 9.59 Å². The van der Waals surface area contributed by atoms with Crippen LogP contribution in [0.3, 0.4) is 0 Å². The summed E-state index contributed by atoms with van der Waals surface area (Å²) in [5, 5.41) is 3.05. The highest BCUT2D eigenvalue weighted by atomic mass is 19.1. The van der Waals surface area contributed by atoms with E-state index in [-0.39, 0.29) is 17.9 Å². The van der Waals surface area contributed by atoms with Crippen LogP contribution < -0.4 is 15.8 Å². The van der Waals surface area contributed by atoms with Gasteiger partial charge in [-0.15, -0.1) is 6.42 Å². The number of rotatable bonds is 6. The molecule has 136 valence electrons. The fourth-order valence-corrected chi connectivity index (χ4v) is 2.61. The summed E-state index contributed by atoms with van der Waals surface area (Å²) in [7, 11) is 0. The van der Waals surface area contributed by atoms with E-state index in [0.717, 1.165) is 6.07 Å². The van der Waals surface area contributed by atoms with Crippen molar-refractivity contribution in [3.05, 3.63) is 54.1 Å². The number of H-pyrrole nitrogens is 1. The van der Waals surface area contributed by atoms with Crippen molar-refractivity contribution in [2.45, 2.75) is 5.92 Å². The van der Waals surface area contributed by atoms with Crippen molar-refractivity contribution in [1.82, 2.24) is 15.3 Å². The molecular formula is C19H15FN4O3. The third-order valence-electron chi connectivity index (χ3n) is 3.84. The molecule has 1 atom stereocenters. The van der Waals surface area contributed by atoms with Gasteiger partial charge in [0.25, 0.3) is 0 Å². The van der Waals surface area contributed by atoms with Gasteiger partial charge >= 0.3 is 0 Å². The molecule has 0 aliphatic rings. The minimum Gasteiger partial charge on any atom is -0.453 e. The summed E-state index contributed by atoms with van der Waals surface area (Å²) in [6.07, 6.45) is 8.29. The number of primary amides is 1. The van der Waals surface area contributed by atoms with Gasteiger partial charge in [-0.05, 0) is 29.8 Å². The number of carbonyl (C=O) groups excluding carboxylic acids is 2. The van der Waals surface area contributed by atoms with Crippen molar-refractivity contribution < 1.29 is 18.7 Å². The molecule has 7 nitrogen and oxygen atoms in total. The molecule has 2 amide bonds. The van der Waals surface area contributed by atoms with Crippen LogP contribution in [0.25, 0.3) is 11.0 Å². The number of nitrogens with one attached hydrogen (secondary N) is 2. The zero-order chi connectivity index (χ0) is 19.4.